The van der Waals surface area contributed by atoms with Crippen LogP contribution in [0.25, 0.3) is 10.8 Å². The van der Waals surface area contributed by atoms with E-state index in [0.29, 0.717) is 29.4 Å². The van der Waals surface area contributed by atoms with Crippen molar-refractivity contribution < 1.29 is 17.6 Å². The third kappa shape index (κ3) is 4.68. The summed E-state index contributed by atoms with van der Waals surface area (Å²) < 4.78 is 56.3. The van der Waals surface area contributed by atoms with E-state index in [1.54, 1.807) is 6.07 Å². The molecule has 0 aliphatic heterocycles. The van der Waals surface area contributed by atoms with Gasteiger partial charge < -0.3 is 0 Å². The monoisotopic (exact) mass is 432 g/mol. The number of rotatable bonds is 4. The van der Waals surface area contributed by atoms with Gasteiger partial charge in [0.25, 0.3) is 0 Å². The Labute approximate surface area is 184 Å². The number of benzene rings is 4. The summed E-state index contributed by atoms with van der Waals surface area (Å²) in [6.45, 7) is 2.09. The van der Waals surface area contributed by atoms with Crippen molar-refractivity contribution in [1.82, 2.24) is 0 Å². The number of halogens is 4. The van der Waals surface area contributed by atoms with E-state index >= 15 is 0 Å². The molecule has 0 fully saturated rings. The van der Waals surface area contributed by atoms with Gasteiger partial charge in [0.05, 0.1) is 5.56 Å². The predicted molar refractivity (Wildman–Crippen MR) is 119 cm³/mol. The fourth-order valence-electron chi connectivity index (χ4n) is 3.60. The van der Waals surface area contributed by atoms with Gasteiger partial charge in [0.2, 0.25) is 0 Å². The van der Waals surface area contributed by atoms with Crippen molar-refractivity contribution in [1.29, 1.82) is 0 Å². The first-order valence-electron chi connectivity index (χ1n) is 10.4. The first kappa shape index (κ1) is 21.6. The van der Waals surface area contributed by atoms with Gasteiger partial charge >= 0.3 is 0 Å². The highest BCUT2D eigenvalue weighted by atomic mass is 19.2. The molecule has 0 spiro atoms. The molecule has 0 amide bonds. The van der Waals surface area contributed by atoms with E-state index < -0.39 is 23.3 Å². The number of hydrogen-bond acceptors (Lipinski definition) is 0. The van der Waals surface area contributed by atoms with Crippen LogP contribution in [0, 0.1) is 35.1 Å². The van der Waals surface area contributed by atoms with Crippen LogP contribution >= 0.6 is 0 Å². The fraction of sp³-hybridized carbons (Fsp3) is 0.143. The molecule has 0 saturated carbocycles. The van der Waals surface area contributed by atoms with Crippen LogP contribution in [0.2, 0.25) is 0 Å². The number of hydrogen-bond donors (Lipinski definition) is 0. The largest absolute Gasteiger partial charge is 0.206 e. The van der Waals surface area contributed by atoms with E-state index in [1.807, 2.05) is 12.1 Å². The van der Waals surface area contributed by atoms with Crippen LogP contribution in [0.15, 0.2) is 66.7 Å². The van der Waals surface area contributed by atoms with Crippen LogP contribution in [-0.2, 0) is 19.3 Å². The zero-order valence-electron chi connectivity index (χ0n) is 17.5. The molecule has 0 atom stereocenters. The van der Waals surface area contributed by atoms with E-state index in [2.05, 4.69) is 30.9 Å². The molecule has 0 N–H and O–H groups in total. The Kier molecular flexibility index (Phi) is 6.28. The van der Waals surface area contributed by atoms with Gasteiger partial charge in [-0.3, -0.25) is 0 Å². The first-order chi connectivity index (χ1) is 15.4. The maximum atomic E-state index is 14.6. The summed E-state index contributed by atoms with van der Waals surface area (Å²) in [5.74, 6) is 1.94. The zero-order chi connectivity index (χ0) is 22.7. The predicted octanol–water partition coefficient (Wildman–Crippen LogP) is 7.14. The molecular formula is C28H20F4. The van der Waals surface area contributed by atoms with Gasteiger partial charge in [-0.2, -0.15) is 0 Å². The maximum absolute atomic E-state index is 14.6. The summed E-state index contributed by atoms with van der Waals surface area (Å²) in [6.07, 6.45) is 2.16. The third-order valence-corrected chi connectivity index (χ3v) is 5.47. The molecule has 0 aromatic heterocycles. The van der Waals surface area contributed by atoms with E-state index in [0.717, 1.165) is 18.1 Å². The Morgan fingerprint density at radius 2 is 1.28 bits per heavy atom. The van der Waals surface area contributed by atoms with Crippen molar-refractivity contribution >= 4 is 10.8 Å². The Morgan fingerprint density at radius 1 is 0.625 bits per heavy atom. The van der Waals surface area contributed by atoms with Gasteiger partial charge in [-0.1, -0.05) is 55.2 Å². The fourth-order valence-corrected chi connectivity index (χ4v) is 3.60. The third-order valence-electron chi connectivity index (χ3n) is 5.47. The van der Waals surface area contributed by atoms with Crippen molar-refractivity contribution in [2.45, 2.75) is 26.2 Å². The van der Waals surface area contributed by atoms with Crippen molar-refractivity contribution in [2.75, 3.05) is 0 Å². The quantitative estimate of drug-likeness (QED) is 0.237. The van der Waals surface area contributed by atoms with E-state index in [9.17, 15) is 17.6 Å². The highest BCUT2D eigenvalue weighted by Gasteiger charge is 2.10. The van der Waals surface area contributed by atoms with Crippen molar-refractivity contribution in [3.63, 3.8) is 0 Å². The minimum atomic E-state index is -0.934. The van der Waals surface area contributed by atoms with Crippen LogP contribution in [0.4, 0.5) is 17.6 Å². The van der Waals surface area contributed by atoms with Crippen LogP contribution in [-0.4, -0.2) is 0 Å². The highest BCUT2D eigenvalue weighted by Crippen LogP contribution is 2.22. The molecule has 0 unspecified atom stereocenters. The standard InChI is InChI=1S/C28H20F4/c1-2-18-3-5-19(6-4-18)7-8-21-16-26(30)24(27(31)17-21)13-10-20-9-12-23-22(15-20)11-14-25(29)28(23)32/h3-6,9,11-12,14-17H,2,7-8H2,1H3. The van der Waals surface area contributed by atoms with Gasteiger partial charge in [0.15, 0.2) is 11.6 Å². The molecule has 0 heterocycles. The highest BCUT2D eigenvalue weighted by molar-refractivity contribution is 5.84. The minimum Gasteiger partial charge on any atom is -0.206 e. The first-order valence-corrected chi connectivity index (χ1v) is 10.4. The van der Waals surface area contributed by atoms with Crippen molar-refractivity contribution in [3.05, 3.63) is 118 Å². The molecule has 160 valence electrons. The molecule has 4 aromatic rings. The summed E-state index contributed by atoms with van der Waals surface area (Å²) in [7, 11) is 0. The maximum Gasteiger partial charge on any atom is 0.166 e. The average Bonchev–Trinajstić information content (AvgIpc) is 2.80. The molecule has 0 aliphatic carbocycles. The normalized spacial score (nSPS) is 10.8. The van der Waals surface area contributed by atoms with Gasteiger partial charge in [-0.15, -0.1) is 0 Å². The molecule has 0 nitrogen and oxygen atoms in total. The lowest BCUT2D eigenvalue weighted by Gasteiger charge is -2.06. The Bertz CT molecular complexity index is 1320. The molecular weight excluding hydrogens is 412 g/mol. The van der Waals surface area contributed by atoms with Crippen LogP contribution in [0.5, 0.6) is 0 Å². The van der Waals surface area contributed by atoms with Crippen LogP contribution in [0.3, 0.4) is 0 Å². The lowest BCUT2D eigenvalue weighted by molar-refractivity contribution is 0.517. The topological polar surface area (TPSA) is 0 Å². The van der Waals surface area contributed by atoms with Crippen LogP contribution < -0.4 is 0 Å². The zero-order valence-corrected chi connectivity index (χ0v) is 17.5. The van der Waals surface area contributed by atoms with Gasteiger partial charge in [-0.25, -0.2) is 17.6 Å². The van der Waals surface area contributed by atoms with Gasteiger partial charge in [-0.05, 0) is 71.7 Å². The number of aryl methyl sites for hydroxylation is 3. The second-order valence-corrected chi connectivity index (χ2v) is 7.65. The second kappa shape index (κ2) is 9.28. The van der Waals surface area contributed by atoms with Crippen molar-refractivity contribution in [2.24, 2.45) is 0 Å². The summed E-state index contributed by atoms with van der Waals surface area (Å²) in [5, 5.41) is 0.584. The summed E-state index contributed by atoms with van der Waals surface area (Å²) in [4.78, 5) is 0. The Hall–Kier alpha value is -3.58. The molecule has 4 heteroatoms. The van der Waals surface area contributed by atoms with Crippen LogP contribution in [0.1, 0.15) is 34.7 Å². The summed E-state index contributed by atoms with van der Waals surface area (Å²) >= 11 is 0. The molecule has 0 radical (unpaired) electrons. The molecule has 0 saturated heterocycles. The number of fused-ring (bicyclic) bond motifs is 1. The Morgan fingerprint density at radius 3 is 1.97 bits per heavy atom. The minimum absolute atomic E-state index is 0.126. The van der Waals surface area contributed by atoms with E-state index in [4.69, 9.17) is 0 Å². The molecule has 4 rings (SSSR count). The second-order valence-electron chi connectivity index (χ2n) is 7.65. The smallest absolute Gasteiger partial charge is 0.166 e. The lowest BCUT2D eigenvalue weighted by Crippen LogP contribution is -1.97. The molecule has 0 aliphatic rings. The summed E-state index contributed by atoms with van der Waals surface area (Å²) in [5.41, 5.74) is 3.05. The summed E-state index contributed by atoms with van der Waals surface area (Å²) in [6, 6.07) is 17.7. The molecule has 0 bridgehead atoms. The molecule has 32 heavy (non-hydrogen) atoms. The Balaban J connectivity index is 1.53. The van der Waals surface area contributed by atoms with E-state index in [1.165, 1.54) is 35.9 Å². The molecule has 4 aromatic carbocycles. The van der Waals surface area contributed by atoms with Gasteiger partial charge in [0.1, 0.15) is 11.6 Å². The van der Waals surface area contributed by atoms with Crippen molar-refractivity contribution in [3.8, 4) is 11.8 Å². The van der Waals surface area contributed by atoms with Gasteiger partial charge in [0, 0.05) is 10.9 Å². The average molecular weight is 432 g/mol. The van der Waals surface area contributed by atoms with E-state index in [-0.39, 0.29) is 10.9 Å². The lowest BCUT2D eigenvalue weighted by atomic mass is 10.0. The SMILES string of the molecule is CCc1ccc(CCc2cc(F)c(C#Cc3ccc4c(F)c(F)ccc4c3)c(F)c2)cc1.